The van der Waals surface area contributed by atoms with Gasteiger partial charge in [-0.1, -0.05) is 18.2 Å². The molecule has 2 unspecified atom stereocenters. The zero-order chi connectivity index (χ0) is 19.0. The van der Waals surface area contributed by atoms with Gasteiger partial charge < -0.3 is 19.5 Å². The minimum Gasteiger partial charge on any atom is -0.375 e. The van der Waals surface area contributed by atoms with E-state index in [-0.39, 0.29) is 30.0 Å². The van der Waals surface area contributed by atoms with Gasteiger partial charge in [-0.3, -0.25) is 9.59 Å². The predicted molar refractivity (Wildman–Crippen MR) is 103 cm³/mol. The summed E-state index contributed by atoms with van der Waals surface area (Å²) in [6, 6.07) is 9.55. The Kier molecular flexibility index (Phi) is 4.70. The lowest BCUT2D eigenvalue weighted by Gasteiger charge is -2.32. The van der Waals surface area contributed by atoms with Gasteiger partial charge in [0.25, 0.3) is 5.56 Å². The Morgan fingerprint density at radius 3 is 2.96 bits per heavy atom. The number of amides is 1. The number of benzene rings is 1. The molecule has 1 fully saturated rings. The maximum atomic E-state index is 13.0. The molecule has 2 aromatic rings. The molecule has 1 aromatic heterocycles. The number of H-pyrrole nitrogens is 1. The van der Waals surface area contributed by atoms with Crippen LogP contribution in [0.2, 0.25) is 0 Å². The largest absolute Gasteiger partial charge is 0.375 e. The number of carbonyl (C=O) groups excluding carboxylic acids is 1. The summed E-state index contributed by atoms with van der Waals surface area (Å²) in [4.78, 5) is 36.2. The minimum atomic E-state index is -0.239. The number of fused-ring (bicyclic) bond motifs is 1. The Hall–Kier alpha value is -2.67. The van der Waals surface area contributed by atoms with Crippen LogP contribution in [-0.4, -0.2) is 47.7 Å². The SMILES string of the molecule is CC1CN(c2cc(=O)[nH]c(CC(=O)N3c4ccccc4CC3C)n2)CCO1. The molecule has 0 radical (unpaired) electrons. The van der Waals surface area contributed by atoms with Crippen LogP contribution in [0.3, 0.4) is 0 Å². The number of nitrogens with zero attached hydrogens (tertiary/aromatic N) is 3. The van der Waals surface area contributed by atoms with Crippen LogP contribution in [0.5, 0.6) is 0 Å². The Morgan fingerprint density at radius 1 is 1.33 bits per heavy atom. The topological polar surface area (TPSA) is 78.5 Å². The number of aromatic nitrogens is 2. The highest BCUT2D eigenvalue weighted by Gasteiger charge is 2.31. The fourth-order valence-corrected chi connectivity index (χ4v) is 3.94. The maximum Gasteiger partial charge on any atom is 0.252 e. The van der Waals surface area contributed by atoms with Gasteiger partial charge in [0.2, 0.25) is 5.91 Å². The van der Waals surface area contributed by atoms with Gasteiger partial charge in [-0.2, -0.15) is 0 Å². The average Bonchev–Trinajstić information content (AvgIpc) is 2.97. The summed E-state index contributed by atoms with van der Waals surface area (Å²) in [5.74, 6) is 0.952. The van der Waals surface area contributed by atoms with Crippen LogP contribution < -0.4 is 15.4 Å². The molecular weight excluding hydrogens is 344 g/mol. The van der Waals surface area contributed by atoms with Crippen LogP contribution in [0.15, 0.2) is 35.1 Å². The zero-order valence-corrected chi connectivity index (χ0v) is 15.6. The monoisotopic (exact) mass is 368 g/mol. The fraction of sp³-hybridized carbons (Fsp3) is 0.450. The molecule has 142 valence electrons. The van der Waals surface area contributed by atoms with Gasteiger partial charge in [0, 0.05) is 30.9 Å². The summed E-state index contributed by atoms with van der Waals surface area (Å²) >= 11 is 0. The van der Waals surface area contributed by atoms with E-state index in [1.807, 2.05) is 41.8 Å². The summed E-state index contributed by atoms with van der Waals surface area (Å²) < 4.78 is 5.55. The highest BCUT2D eigenvalue weighted by atomic mass is 16.5. The van der Waals surface area contributed by atoms with Crippen LogP contribution in [-0.2, 0) is 22.4 Å². The third-order valence-electron chi connectivity index (χ3n) is 5.14. The lowest BCUT2D eigenvalue weighted by Crippen LogP contribution is -2.42. The molecule has 1 saturated heterocycles. The molecule has 2 aliphatic rings. The van der Waals surface area contributed by atoms with Crippen molar-refractivity contribution in [2.24, 2.45) is 0 Å². The lowest BCUT2D eigenvalue weighted by atomic mass is 10.1. The normalized spacial score (nSPS) is 22.0. The number of hydrogen-bond acceptors (Lipinski definition) is 5. The summed E-state index contributed by atoms with van der Waals surface area (Å²) in [6.07, 6.45) is 1.01. The minimum absolute atomic E-state index is 0.0527. The quantitative estimate of drug-likeness (QED) is 0.889. The van der Waals surface area contributed by atoms with E-state index < -0.39 is 0 Å². The van der Waals surface area contributed by atoms with E-state index in [0.717, 1.165) is 12.1 Å². The highest BCUT2D eigenvalue weighted by molar-refractivity contribution is 5.97. The second-order valence-electron chi connectivity index (χ2n) is 7.30. The summed E-state index contributed by atoms with van der Waals surface area (Å²) in [5.41, 5.74) is 1.89. The molecule has 4 rings (SSSR count). The number of nitrogens with one attached hydrogen (secondary N) is 1. The molecule has 1 aromatic carbocycles. The van der Waals surface area contributed by atoms with Crippen LogP contribution in [0.4, 0.5) is 11.5 Å². The van der Waals surface area contributed by atoms with Gasteiger partial charge in [0.15, 0.2) is 0 Å². The van der Waals surface area contributed by atoms with E-state index >= 15 is 0 Å². The van der Waals surface area contributed by atoms with Crippen molar-refractivity contribution in [2.45, 2.75) is 38.8 Å². The summed E-state index contributed by atoms with van der Waals surface area (Å²) in [5, 5.41) is 0. The van der Waals surface area contributed by atoms with Crippen molar-refractivity contribution in [1.29, 1.82) is 0 Å². The standard InChI is InChI=1S/C20H24N4O3/c1-13-9-15-5-3-4-6-16(15)24(13)20(26)10-17-21-18(11-19(25)22-17)23-7-8-27-14(2)12-23/h3-6,11,13-14H,7-10,12H2,1-2H3,(H,21,22,25). The van der Waals surface area contributed by atoms with E-state index in [1.54, 1.807) is 0 Å². The summed E-state index contributed by atoms with van der Waals surface area (Å²) in [7, 11) is 0. The molecule has 0 saturated carbocycles. The van der Waals surface area contributed by atoms with E-state index in [1.165, 1.54) is 11.6 Å². The van der Waals surface area contributed by atoms with E-state index in [2.05, 4.69) is 16.0 Å². The third kappa shape index (κ3) is 3.60. The number of aromatic amines is 1. The first-order chi connectivity index (χ1) is 13.0. The molecule has 0 aliphatic carbocycles. The van der Waals surface area contributed by atoms with Crippen LogP contribution >= 0.6 is 0 Å². The average molecular weight is 368 g/mol. The molecule has 7 heteroatoms. The Morgan fingerprint density at radius 2 is 2.15 bits per heavy atom. The first-order valence-corrected chi connectivity index (χ1v) is 9.38. The van der Waals surface area contributed by atoms with Crippen molar-refractivity contribution in [2.75, 3.05) is 29.5 Å². The molecular formula is C20H24N4O3. The number of ether oxygens (including phenoxy) is 1. The molecule has 1 amide bonds. The van der Waals surface area contributed by atoms with Gasteiger partial charge in [-0.25, -0.2) is 4.98 Å². The Balaban J connectivity index is 1.56. The van der Waals surface area contributed by atoms with Crippen molar-refractivity contribution in [3.63, 3.8) is 0 Å². The number of carbonyl (C=O) groups is 1. The van der Waals surface area contributed by atoms with Crippen molar-refractivity contribution < 1.29 is 9.53 Å². The van der Waals surface area contributed by atoms with Crippen molar-refractivity contribution in [3.8, 4) is 0 Å². The van der Waals surface area contributed by atoms with Gasteiger partial charge in [0.1, 0.15) is 11.6 Å². The second kappa shape index (κ2) is 7.15. The maximum absolute atomic E-state index is 13.0. The molecule has 0 bridgehead atoms. The molecule has 0 spiro atoms. The van der Waals surface area contributed by atoms with Crippen LogP contribution in [0.1, 0.15) is 25.2 Å². The Labute approximate surface area is 158 Å². The number of hydrogen-bond donors (Lipinski definition) is 1. The lowest BCUT2D eigenvalue weighted by molar-refractivity contribution is -0.118. The molecule has 2 aliphatic heterocycles. The Bertz CT molecular complexity index is 910. The van der Waals surface area contributed by atoms with E-state index in [4.69, 9.17) is 4.74 Å². The molecule has 3 heterocycles. The van der Waals surface area contributed by atoms with E-state index in [0.29, 0.717) is 31.3 Å². The van der Waals surface area contributed by atoms with Gasteiger partial charge in [-0.15, -0.1) is 0 Å². The van der Waals surface area contributed by atoms with Crippen LogP contribution in [0.25, 0.3) is 0 Å². The number of rotatable bonds is 3. The van der Waals surface area contributed by atoms with Crippen molar-refractivity contribution in [1.82, 2.24) is 9.97 Å². The predicted octanol–water partition coefficient (Wildman–Crippen LogP) is 1.52. The molecule has 2 atom stereocenters. The molecule has 7 nitrogen and oxygen atoms in total. The van der Waals surface area contributed by atoms with E-state index in [9.17, 15) is 9.59 Å². The smallest absolute Gasteiger partial charge is 0.252 e. The summed E-state index contributed by atoms with van der Waals surface area (Å²) in [6.45, 7) is 6.01. The highest BCUT2D eigenvalue weighted by Crippen LogP contribution is 2.32. The molecule has 27 heavy (non-hydrogen) atoms. The van der Waals surface area contributed by atoms with Gasteiger partial charge >= 0.3 is 0 Å². The van der Waals surface area contributed by atoms with Crippen molar-refractivity contribution >= 4 is 17.4 Å². The number of anilines is 2. The number of morpholine rings is 1. The van der Waals surface area contributed by atoms with Gasteiger partial charge in [-0.05, 0) is 31.9 Å². The van der Waals surface area contributed by atoms with Crippen LogP contribution in [0, 0.1) is 0 Å². The first kappa shape index (κ1) is 17.7. The first-order valence-electron chi connectivity index (χ1n) is 9.38. The van der Waals surface area contributed by atoms with Crippen molar-refractivity contribution in [3.05, 3.63) is 52.1 Å². The third-order valence-corrected chi connectivity index (χ3v) is 5.14. The molecule has 1 N–H and O–H groups in total. The van der Waals surface area contributed by atoms with Gasteiger partial charge in [0.05, 0.1) is 19.1 Å². The second-order valence-corrected chi connectivity index (χ2v) is 7.30. The zero-order valence-electron chi connectivity index (χ0n) is 15.6. The number of para-hydroxylation sites is 1. The fourth-order valence-electron chi connectivity index (χ4n) is 3.94.